The molecule has 3 nitrogen and oxygen atoms in total. The van der Waals surface area contributed by atoms with Gasteiger partial charge in [0, 0.05) is 53.1 Å². The van der Waals surface area contributed by atoms with Crippen LogP contribution in [0.2, 0.25) is 0 Å². The average molecular weight is 646 g/mol. The van der Waals surface area contributed by atoms with E-state index in [0.29, 0.717) is 0 Å². The number of nitrogens with one attached hydrogen (secondary N) is 1. The van der Waals surface area contributed by atoms with Gasteiger partial charge in [0.15, 0.2) is 0 Å². The van der Waals surface area contributed by atoms with E-state index < -0.39 is 0 Å². The van der Waals surface area contributed by atoms with Gasteiger partial charge in [0.1, 0.15) is 6.17 Å². The Bertz CT molecular complexity index is 2860. The first-order valence-electron chi connectivity index (χ1n) is 17.1. The molecule has 1 unspecified atom stereocenters. The summed E-state index contributed by atoms with van der Waals surface area (Å²) < 4.78 is 5.09. The fourth-order valence-corrected chi connectivity index (χ4v) is 9.68. The summed E-state index contributed by atoms with van der Waals surface area (Å²) in [6, 6.07) is 49.3. The van der Waals surface area contributed by atoms with Gasteiger partial charge in [0.25, 0.3) is 0 Å². The summed E-state index contributed by atoms with van der Waals surface area (Å²) in [6.07, 6.45) is 8.91. The summed E-state index contributed by atoms with van der Waals surface area (Å²) in [5, 5.41) is 14.5. The molecular formula is C45H31N3S. The molecule has 232 valence electrons. The molecule has 1 aliphatic heterocycles. The van der Waals surface area contributed by atoms with Crippen LogP contribution in [0.15, 0.2) is 157 Å². The van der Waals surface area contributed by atoms with E-state index in [1.165, 1.54) is 91.8 Å². The van der Waals surface area contributed by atoms with Crippen LogP contribution in [-0.2, 0) is 0 Å². The van der Waals surface area contributed by atoms with Gasteiger partial charge in [-0.2, -0.15) is 0 Å². The molecule has 1 aliphatic carbocycles. The summed E-state index contributed by atoms with van der Waals surface area (Å²) >= 11 is 1.92. The van der Waals surface area contributed by atoms with Gasteiger partial charge >= 0.3 is 0 Å². The molecule has 1 N–H and O–H groups in total. The largest absolute Gasteiger partial charge is 0.359 e. The Morgan fingerprint density at radius 1 is 0.633 bits per heavy atom. The maximum atomic E-state index is 4.03. The quantitative estimate of drug-likeness (QED) is 0.193. The van der Waals surface area contributed by atoms with E-state index >= 15 is 0 Å². The number of hydrogen-bond donors (Lipinski definition) is 1. The molecule has 0 bridgehead atoms. The third kappa shape index (κ3) is 3.89. The number of allylic oxidation sites excluding steroid dienone is 4. The molecule has 4 heteroatoms. The molecule has 1 atom stereocenters. The van der Waals surface area contributed by atoms with Crippen LogP contribution in [0.25, 0.3) is 69.2 Å². The van der Waals surface area contributed by atoms with Gasteiger partial charge in [-0.05, 0) is 71.7 Å². The highest BCUT2D eigenvalue weighted by molar-refractivity contribution is 7.26. The third-order valence-corrected chi connectivity index (χ3v) is 11.8. The Morgan fingerprint density at radius 3 is 2.24 bits per heavy atom. The highest BCUT2D eigenvalue weighted by Crippen LogP contribution is 2.51. The fraction of sp³-hybridized carbons (Fsp3) is 0.0667. The zero-order valence-corrected chi connectivity index (χ0v) is 27.5. The standard InChI is InChI=1S/C45H31N3S/c1-4-12-29(13-5-1)45-46-43-39(48(45)31-16-8-3-9-17-31)25-21-28-20-22-34-33(42(28)43)23-24-35-37-26-36-32-18-10-11-19-38(32)47(30-14-6-2-7-15-30)40(36)27-41(37)49-44(34)35/h1-8,10-16,18-27,45-46H,9,17H2. The highest BCUT2D eigenvalue weighted by Gasteiger charge is 2.34. The second-order valence-corrected chi connectivity index (χ2v) is 14.3. The number of anilines is 2. The van der Waals surface area contributed by atoms with Gasteiger partial charge in [-0.1, -0.05) is 109 Å². The SMILES string of the molecule is C1=CCCC(N2c3ccc4ccc5c(ccc6c7cc8c9ccccc9n(-c9ccccc9)c8cc7sc65)c4c3NC2c2ccccc2)=C1. The molecule has 2 aliphatic rings. The lowest BCUT2D eigenvalue weighted by Crippen LogP contribution is -2.27. The van der Waals surface area contributed by atoms with Crippen molar-refractivity contribution >= 4 is 86.2 Å². The molecule has 11 rings (SSSR count). The normalized spacial score (nSPS) is 16.0. The van der Waals surface area contributed by atoms with Gasteiger partial charge in [-0.3, -0.25) is 0 Å². The molecule has 0 amide bonds. The number of benzene rings is 7. The first kappa shape index (κ1) is 27.1. The van der Waals surface area contributed by atoms with E-state index in [1.54, 1.807) is 0 Å². The number of hydrogen-bond acceptors (Lipinski definition) is 3. The van der Waals surface area contributed by atoms with Crippen LogP contribution in [0, 0.1) is 0 Å². The Hall–Kier alpha value is -5.84. The molecule has 49 heavy (non-hydrogen) atoms. The van der Waals surface area contributed by atoms with E-state index in [0.717, 1.165) is 12.8 Å². The molecule has 0 saturated carbocycles. The Kier molecular flexibility index (Phi) is 5.72. The van der Waals surface area contributed by atoms with Crippen molar-refractivity contribution in [1.29, 1.82) is 0 Å². The minimum atomic E-state index is 0.0423. The Balaban J connectivity index is 1.16. The first-order chi connectivity index (χ1) is 24.3. The summed E-state index contributed by atoms with van der Waals surface area (Å²) in [4.78, 5) is 2.53. The summed E-state index contributed by atoms with van der Waals surface area (Å²) in [5.74, 6) is 0. The van der Waals surface area contributed by atoms with Crippen LogP contribution >= 0.6 is 11.3 Å². The topological polar surface area (TPSA) is 20.2 Å². The average Bonchev–Trinajstić information content (AvgIpc) is 3.84. The lowest BCUT2D eigenvalue weighted by molar-refractivity contribution is 0.748. The molecule has 0 fully saturated rings. The number of nitrogens with zero attached hydrogens (tertiary/aromatic N) is 2. The third-order valence-electron chi connectivity index (χ3n) is 10.6. The van der Waals surface area contributed by atoms with Crippen LogP contribution in [0.1, 0.15) is 24.6 Å². The number of fused-ring (bicyclic) bond motifs is 12. The Labute approximate surface area is 287 Å². The maximum absolute atomic E-state index is 4.03. The van der Waals surface area contributed by atoms with Crippen molar-refractivity contribution in [2.45, 2.75) is 19.0 Å². The highest BCUT2D eigenvalue weighted by atomic mass is 32.1. The van der Waals surface area contributed by atoms with Crippen LogP contribution in [-0.4, -0.2) is 4.57 Å². The van der Waals surface area contributed by atoms with E-state index in [2.05, 4.69) is 166 Å². The van der Waals surface area contributed by atoms with Crippen molar-refractivity contribution in [3.63, 3.8) is 0 Å². The maximum Gasteiger partial charge on any atom is 0.130 e. The summed E-state index contributed by atoms with van der Waals surface area (Å²) in [5.41, 5.74) is 8.79. The van der Waals surface area contributed by atoms with Crippen molar-refractivity contribution in [3.8, 4) is 5.69 Å². The summed E-state index contributed by atoms with van der Waals surface area (Å²) in [7, 11) is 0. The number of para-hydroxylation sites is 2. The van der Waals surface area contributed by atoms with Crippen molar-refractivity contribution in [2.24, 2.45) is 0 Å². The van der Waals surface area contributed by atoms with Crippen molar-refractivity contribution in [2.75, 3.05) is 10.2 Å². The van der Waals surface area contributed by atoms with E-state index in [9.17, 15) is 0 Å². The molecule has 0 saturated heterocycles. The molecule has 3 heterocycles. The predicted octanol–water partition coefficient (Wildman–Crippen LogP) is 12.6. The minimum absolute atomic E-state index is 0.0423. The van der Waals surface area contributed by atoms with Gasteiger partial charge in [-0.15, -0.1) is 11.3 Å². The van der Waals surface area contributed by atoms with E-state index in [-0.39, 0.29) is 6.17 Å². The van der Waals surface area contributed by atoms with Crippen LogP contribution in [0.5, 0.6) is 0 Å². The van der Waals surface area contributed by atoms with Crippen LogP contribution < -0.4 is 10.2 Å². The minimum Gasteiger partial charge on any atom is -0.359 e. The van der Waals surface area contributed by atoms with Gasteiger partial charge < -0.3 is 14.8 Å². The lowest BCUT2D eigenvalue weighted by atomic mass is 9.97. The van der Waals surface area contributed by atoms with Crippen molar-refractivity contribution < 1.29 is 0 Å². The number of rotatable bonds is 3. The molecular weight excluding hydrogens is 615 g/mol. The zero-order valence-electron chi connectivity index (χ0n) is 26.7. The molecule has 2 aromatic heterocycles. The van der Waals surface area contributed by atoms with Crippen molar-refractivity contribution in [1.82, 2.24) is 4.57 Å². The second-order valence-electron chi connectivity index (χ2n) is 13.3. The van der Waals surface area contributed by atoms with E-state index in [1.807, 2.05) is 11.3 Å². The number of aromatic nitrogens is 1. The van der Waals surface area contributed by atoms with Gasteiger partial charge in [0.05, 0.1) is 22.4 Å². The smallest absolute Gasteiger partial charge is 0.130 e. The number of thiophene rings is 1. The van der Waals surface area contributed by atoms with E-state index in [4.69, 9.17) is 0 Å². The zero-order chi connectivity index (χ0) is 32.1. The van der Waals surface area contributed by atoms with Gasteiger partial charge in [0.2, 0.25) is 0 Å². The lowest BCUT2D eigenvalue weighted by Gasteiger charge is -2.30. The molecule has 9 aromatic rings. The van der Waals surface area contributed by atoms with Crippen LogP contribution in [0.3, 0.4) is 0 Å². The summed E-state index contributed by atoms with van der Waals surface area (Å²) in [6.45, 7) is 0. The first-order valence-corrected chi connectivity index (χ1v) is 17.9. The molecule has 0 radical (unpaired) electrons. The molecule has 7 aromatic carbocycles. The fourth-order valence-electron chi connectivity index (χ4n) is 8.44. The Morgan fingerprint density at radius 2 is 1.39 bits per heavy atom. The predicted molar refractivity (Wildman–Crippen MR) is 210 cm³/mol. The monoisotopic (exact) mass is 645 g/mol. The van der Waals surface area contributed by atoms with Gasteiger partial charge in [-0.25, -0.2) is 0 Å². The van der Waals surface area contributed by atoms with Crippen LogP contribution in [0.4, 0.5) is 11.4 Å². The van der Waals surface area contributed by atoms with Crippen molar-refractivity contribution in [3.05, 3.63) is 163 Å². The molecule has 0 spiro atoms. The second kappa shape index (κ2) is 10.3.